The third kappa shape index (κ3) is 7.98. The molecule has 0 aliphatic heterocycles. The Kier molecular flexibility index (Phi) is 9.85. The van der Waals surface area contributed by atoms with Crippen LogP contribution in [0.15, 0.2) is 0 Å². The second-order valence-electron chi connectivity index (χ2n) is 6.34. The van der Waals surface area contributed by atoms with Crippen LogP contribution in [0.4, 0.5) is 0 Å². The molecule has 13 heteroatoms. The molecule has 0 radical (unpaired) electrons. The molecule has 0 spiro atoms. The normalized spacial score (nSPS) is 12.6. The molecule has 0 rings (SSSR count). The monoisotopic (exact) mass is 456 g/mol. The van der Waals surface area contributed by atoms with Crippen molar-refractivity contribution < 1.29 is 46.1 Å². The fourth-order valence-corrected chi connectivity index (χ4v) is 11.2. The van der Waals surface area contributed by atoms with Crippen molar-refractivity contribution in [3.63, 3.8) is 0 Å². The number of alkyl halides is 1. The number of hydrogen-bond donors (Lipinski definition) is 0. The van der Waals surface area contributed by atoms with Gasteiger partial charge < -0.3 is 22.1 Å². The smallest absolute Gasteiger partial charge is 0.484 e. The number of carbonyl (C=O) groups excluding carboxylic acids is 5. The summed E-state index contributed by atoms with van der Waals surface area (Å²) in [5, 5.41) is 0. The summed E-state index contributed by atoms with van der Waals surface area (Å²) >= 11 is 6.53. The zero-order chi connectivity index (χ0) is 22.3. The third-order valence-electron chi connectivity index (χ3n) is 2.88. The van der Waals surface area contributed by atoms with E-state index in [9.17, 15) is 24.0 Å². The van der Waals surface area contributed by atoms with E-state index in [-0.39, 0.29) is 12.0 Å². The second kappa shape index (κ2) is 10.6. The molecule has 0 heterocycles. The van der Waals surface area contributed by atoms with E-state index in [2.05, 4.69) is 0 Å². The van der Waals surface area contributed by atoms with Gasteiger partial charge in [-0.25, -0.2) is 0 Å². The summed E-state index contributed by atoms with van der Waals surface area (Å²) in [5.41, 5.74) is 0. The lowest BCUT2D eigenvalue weighted by atomic mass is 10.3. The Morgan fingerprint density at radius 1 is 0.679 bits per heavy atom. The average molecular weight is 457 g/mol. The molecule has 0 aromatic carbocycles. The lowest BCUT2D eigenvalue weighted by Gasteiger charge is -2.38. The van der Waals surface area contributed by atoms with Crippen LogP contribution in [0, 0.1) is 5.92 Å². The Labute approximate surface area is 170 Å². The maximum atomic E-state index is 11.8. The highest BCUT2D eigenvalue weighted by Crippen LogP contribution is 2.35. The van der Waals surface area contributed by atoms with E-state index < -0.39 is 51.8 Å². The van der Waals surface area contributed by atoms with Crippen LogP contribution < -0.4 is 0 Å². The Bertz CT molecular complexity index is 580. The first-order chi connectivity index (χ1) is 12.7. The van der Waals surface area contributed by atoms with Crippen LogP contribution in [0.1, 0.15) is 48.5 Å². The van der Waals surface area contributed by atoms with Gasteiger partial charge in [-0.3, -0.25) is 24.0 Å². The summed E-state index contributed by atoms with van der Waals surface area (Å²) in [5.74, 6) is -4.73. The Hall–Kier alpha value is -1.93. The molecule has 28 heavy (non-hydrogen) atoms. The second-order valence-corrected chi connectivity index (χ2v) is 13.5. The van der Waals surface area contributed by atoms with Gasteiger partial charge in [-0.05, 0) is 5.92 Å². The molecule has 0 amide bonds. The zero-order valence-corrected chi connectivity index (χ0v) is 19.6. The van der Waals surface area contributed by atoms with Gasteiger partial charge in [0.25, 0.3) is 29.8 Å². The summed E-state index contributed by atoms with van der Waals surface area (Å²) in [6, 6.07) is -0.0289. The molecule has 10 nitrogen and oxygen atoms in total. The van der Waals surface area contributed by atoms with Gasteiger partial charge in [0.2, 0.25) is 4.62 Å². The van der Waals surface area contributed by atoms with E-state index >= 15 is 0 Å². The molecule has 0 saturated heterocycles. The van der Waals surface area contributed by atoms with Gasteiger partial charge in [-0.15, -0.1) is 11.6 Å². The molecule has 0 aliphatic rings. The lowest BCUT2D eigenvalue weighted by molar-refractivity contribution is -0.147. The molecule has 0 aliphatic carbocycles. The van der Waals surface area contributed by atoms with Crippen LogP contribution in [0.2, 0.25) is 6.04 Å². The van der Waals surface area contributed by atoms with Crippen molar-refractivity contribution in [2.24, 2.45) is 5.92 Å². The van der Waals surface area contributed by atoms with Gasteiger partial charge in [-0.1, -0.05) is 13.8 Å². The number of rotatable bonds is 9. The average Bonchev–Trinajstić information content (AvgIpc) is 2.41. The van der Waals surface area contributed by atoms with E-state index in [4.69, 9.17) is 33.7 Å². The van der Waals surface area contributed by atoms with Crippen molar-refractivity contribution in [3.05, 3.63) is 0 Å². The zero-order valence-electron chi connectivity index (χ0n) is 16.8. The van der Waals surface area contributed by atoms with E-state index in [1.54, 1.807) is 13.8 Å². The van der Waals surface area contributed by atoms with E-state index in [1.807, 2.05) is 0 Å². The molecule has 0 saturated carbocycles. The fourth-order valence-electron chi connectivity index (χ4n) is 2.45. The van der Waals surface area contributed by atoms with Crippen LogP contribution in [0.3, 0.4) is 0 Å². The number of halogens is 1. The van der Waals surface area contributed by atoms with Crippen molar-refractivity contribution in [2.75, 3.05) is 0 Å². The van der Waals surface area contributed by atoms with Crippen molar-refractivity contribution in [1.29, 1.82) is 0 Å². The van der Waals surface area contributed by atoms with Crippen molar-refractivity contribution in [3.8, 4) is 0 Å². The Morgan fingerprint density at radius 3 is 1.18 bits per heavy atom. The first-order valence-corrected chi connectivity index (χ1v) is 12.6. The van der Waals surface area contributed by atoms with Crippen LogP contribution in [-0.4, -0.2) is 51.8 Å². The number of carbonyl (C=O) groups is 5. The van der Waals surface area contributed by atoms with Gasteiger partial charge in [0.05, 0.1) is 0 Å². The molecule has 1 unspecified atom stereocenters. The quantitative estimate of drug-likeness (QED) is 0.371. The molecule has 0 N–H and O–H groups in total. The van der Waals surface area contributed by atoms with Crippen molar-refractivity contribution in [1.82, 2.24) is 0 Å². The standard InChI is InChI=1S/C15H25ClO10Si2/c1-9(2)8-27(22-10(3)17,23-11(4)18)15(16)28(24-12(5)19,25-13(6)20)26-14(7)21/h9,15H,8H2,1-7H3. The molecular weight excluding hydrogens is 432 g/mol. The molecule has 0 aromatic heterocycles. The molecule has 1 atom stereocenters. The topological polar surface area (TPSA) is 132 Å². The van der Waals surface area contributed by atoms with Gasteiger partial charge in [-0.2, -0.15) is 0 Å². The Balaban J connectivity index is 6.69. The maximum absolute atomic E-state index is 11.8. The first-order valence-electron chi connectivity index (χ1n) is 8.27. The van der Waals surface area contributed by atoms with Crippen molar-refractivity contribution >= 4 is 58.8 Å². The van der Waals surface area contributed by atoms with Crippen molar-refractivity contribution in [2.45, 2.75) is 59.1 Å². The minimum absolute atomic E-state index is 0.0289. The predicted octanol–water partition coefficient (Wildman–Crippen LogP) is 1.52. The fraction of sp³-hybridized carbons (Fsp3) is 0.667. The van der Waals surface area contributed by atoms with Gasteiger partial charge >= 0.3 is 17.4 Å². The van der Waals surface area contributed by atoms with E-state index in [0.29, 0.717) is 0 Å². The van der Waals surface area contributed by atoms with E-state index in [0.717, 1.165) is 34.6 Å². The highest BCUT2D eigenvalue weighted by Gasteiger charge is 2.73. The molecule has 0 bridgehead atoms. The van der Waals surface area contributed by atoms with Crippen LogP contribution >= 0.6 is 11.6 Å². The third-order valence-corrected chi connectivity index (χ3v) is 12.8. The Morgan fingerprint density at radius 2 is 0.964 bits per heavy atom. The number of hydrogen-bond acceptors (Lipinski definition) is 10. The molecular formula is C15H25ClO10Si2. The summed E-state index contributed by atoms with van der Waals surface area (Å²) in [6.07, 6.45) is 0. The summed E-state index contributed by atoms with van der Waals surface area (Å²) in [7, 11) is -8.83. The molecule has 0 fully saturated rings. The van der Waals surface area contributed by atoms with E-state index in [1.165, 1.54) is 0 Å². The minimum atomic E-state index is -4.70. The summed E-state index contributed by atoms with van der Waals surface area (Å²) < 4.78 is 24.3. The SMILES string of the molecule is CC(=O)O[Si](CC(C)C)(OC(C)=O)C(Cl)[Si](OC(C)=O)(OC(C)=O)OC(C)=O. The van der Waals surface area contributed by atoms with Gasteiger partial charge in [0.1, 0.15) is 0 Å². The predicted molar refractivity (Wildman–Crippen MR) is 99.6 cm³/mol. The summed E-state index contributed by atoms with van der Waals surface area (Å²) in [6.45, 7) is 8.59. The first kappa shape index (κ1) is 26.1. The lowest BCUT2D eigenvalue weighted by Crippen LogP contribution is -2.69. The summed E-state index contributed by atoms with van der Waals surface area (Å²) in [4.78, 5) is 58.6. The highest BCUT2D eigenvalue weighted by molar-refractivity contribution is 6.96. The highest BCUT2D eigenvalue weighted by atomic mass is 35.5. The van der Waals surface area contributed by atoms with Crippen LogP contribution in [0.5, 0.6) is 0 Å². The van der Waals surface area contributed by atoms with Gasteiger partial charge in [0, 0.05) is 40.7 Å². The molecule has 160 valence electrons. The van der Waals surface area contributed by atoms with Gasteiger partial charge in [0.15, 0.2) is 0 Å². The largest absolute Gasteiger partial charge is 0.728 e. The molecule has 0 aromatic rings. The maximum Gasteiger partial charge on any atom is 0.728 e. The van der Waals surface area contributed by atoms with Crippen LogP contribution in [-0.2, 0) is 46.1 Å². The minimum Gasteiger partial charge on any atom is -0.484 e. The van der Waals surface area contributed by atoms with Crippen LogP contribution in [0.25, 0.3) is 0 Å².